The van der Waals surface area contributed by atoms with E-state index in [1.165, 1.54) is 13.0 Å². The number of primary amides is 1. The molecule has 0 bridgehead atoms. The van der Waals surface area contributed by atoms with Crippen LogP contribution in [0, 0.1) is 11.3 Å². The summed E-state index contributed by atoms with van der Waals surface area (Å²) in [5.74, 6) is -5.45. The molecule has 0 heterocycles. The number of hydrogen-bond donors (Lipinski definition) is 5. The number of aliphatic hydroxyl groups excluding tert-OH is 2. The minimum absolute atomic E-state index is 0.0601. The molecule has 37 heavy (non-hydrogen) atoms. The van der Waals surface area contributed by atoms with Gasteiger partial charge in [-0.25, -0.2) is 0 Å². The van der Waals surface area contributed by atoms with Gasteiger partial charge in [0.25, 0.3) is 5.91 Å². The number of nitrogens with zero attached hydrogens (tertiary/aromatic N) is 1. The van der Waals surface area contributed by atoms with Crippen LogP contribution in [-0.2, 0) is 20.8 Å². The second-order valence-electron chi connectivity index (χ2n) is 10.6. The Balaban J connectivity index is 1.70. The molecular weight excluding hydrogens is 476 g/mol. The maximum absolute atomic E-state index is 13.8. The van der Waals surface area contributed by atoms with E-state index in [9.17, 15) is 34.8 Å². The summed E-state index contributed by atoms with van der Waals surface area (Å²) in [6, 6.07) is 10.9. The number of phenols is 1. The van der Waals surface area contributed by atoms with Crippen LogP contribution in [0.3, 0.4) is 0 Å². The number of hydrogen-bond acceptors (Lipinski definition) is 8. The molecule has 2 aromatic rings. The number of nitrogens with two attached hydrogens (primary N) is 1. The van der Waals surface area contributed by atoms with E-state index in [0.717, 1.165) is 16.8 Å². The maximum Gasteiger partial charge on any atom is 0.255 e. The molecule has 1 fully saturated rings. The molecular formula is C28H28N2O7. The lowest BCUT2D eigenvalue weighted by Crippen LogP contribution is -2.63. The quantitative estimate of drug-likeness (QED) is 0.399. The summed E-state index contributed by atoms with van der Waals surface area (Å²) < 4.78 is 0. The van der Waals surface area contributed by atoms with Crippen LogP contribution in [0.4, 0.5) is 5.69 Å². The van der Waals surface area contributed by atoms with Gasteiger partial charge < -0.3 is 31.1 Å². The molecule has 5 rings (SSSR count). The molecule has 3 aliphatic carbocycles. The predicted octanol–water partition coefficient (Wildman–Crippen LogP) is 2.55. The molecule has 0 unspecified atom stereocenters. The fourth-order valence-corrected chi connectivity index (χ4v) is 6.23. The van der Waals surface area contributed by atoms with Gasteiger partial charge in [0.2, 0.25) is 5.78 Å². The molecule has 0 aliphatic heterocycles. The third kappa shape index (κ3) is 3.23. The lowest BCUT2D eigenvalue weighted by atomic mass is 9.52. The summed E-state index contributed by atoms with van der Waals surface area (Å²) in [6.07, 6.45) is -0.0783. The van der Waals surface area contributed by atoms with E-state index in [-0.39, 0.29) is 36.1 Å². The lowest BCUT2D eigenvalue weighted by Gasteiger charge is -2.52. The molecule has 2 aromatic carbocycles. The highest BCUT2D eigenvalue weighted by molar-refractivity contribution is 6.23. The number of Topliss-reactive ketones (excluding diaryl/α,β-unsaturated/α-hetero) is 2. The van der Waals surface area contributed by atoms with E-state index < -0.39 is 51.5 Å². The zero-order valence-electron chi connectivity index (χ0n) is 20.7. The van der Waals surface area contributed by atoms with E-state index in [0.29, 0.717) is 5.56 Å². The Bertz CT molecular complexity index is 1450. The van der Waals surface area contributed by atoms with E-state index in [2.05, 4.69) is 0 Å². The van der Waals surface area contributed by atoms with Crippen molar-refractivity contribution >= 4 is 28.9 Å². The van der Waals surface area contributed by atoms with Crippen molar-refractivity contribution in [1.29, 1.82) is 0 Å². The highest BCUT2D eigenvalue weighted by atomic mass is 16.3. The van der Waals surface area contributed by atoms with Crippen molar-refractivity contribution in [3.05, 3.63) is 64.4 Å². The normalized spacial score (nSPS) is 27.0. The standard InChI is InChI=1S/C28H28N2O7/c1-27-11-14-10-17-16(13-4-6-15(7-5-13)30(2)3)8-9-18(31)21(17)23(33)20(14)24(34)28(27,37)25(35)22(26(29)36)19(32)12-27/h4-9,14,31,33,35,37H,10-12H2,1-3H3,(H2,29,36)/t14-,27-,28-/m0/s1. The van der Waals surface area contributed by atoms with Gasteiger partial charge in [-0.3, -0.25) is 14.4 Å². The summed E-state index contributed by atoms with van der Waals surface area (Å²) in [4.78, 5) is 40.3. The van der Waals surface area contributed by atoms with Crippen LogP contribution in [0.15, 0.2) is 53.3 Å². The van der Waals surface area contributed by atoms with Gasteiger partial charge in [0.15, 0.2) is 11.4 Å². The van der Waals surface area contributed by atoms with Crippen LogP contribution < -0.4 is 10.6 Å². The van der Waals surface area contributed by atoms with Gasteiger partial charge in [0, 0.05) is 37.2 Å². The first-order valence-corrected chi connectivity index (χ1v) is 11.9. The van der Waals surface area contributed by atoms with Crippen molar-refractivity contribution < 1.29 is 34.8 Å². The van der Waals surface area contributed by atoms with Crippen molar-refractivity contribution in [1.82, 2.24) is 0 Å². The van der Waals surface area contributed by atoms with E-state index in [1.54, 1.807) is 6.07 Å². The van der Waals surface area contributed by atoms with Crippen molar-refractivity contribution in [2.75, 3.05) is 19.0 Å². The first-order valence-electron chi connectivity index (χ1n) is 11.9. The van der Waals surface area contributed by atoms with Crippen LogP contribution in [0.2, 0.25) is 0 Å². The zero-order valence-corrected chi connectivity index (χ0v) is 20.7. The minimum Gasteiger partial charge on any atom is -0.508 e. The van der Waals surface area contributed by atoms with Crippen LogP contribution in [-0.4, -0.2) is 57.6 Å². The second-order valence-corrected chi connectivity index (χ2v) is 10.6. The zero-order chi connectivity index (χ0) is 27.0. The van der Waals surface area contributed by atoms with Crippen molar-refractivity contribution in [2.45, 2.75) is 31.8 Å². The summed E-state index contributed by atoms with van der Waals surface area (Å²) >= 11 is 0. The fraction of sp³-hybridized carbons (Fsp3) is 0.321. The SMILES string of the molecule is CN(C)c1ccc(-c2ccc(O)c3c2C[C@H]2C[C@@]4(C)CC(=O)C(C(N)=O)=C(O)[C@@]4(O)C(=O)C2=C3O)cc1. The summed E-state index contributed by atoms with van der Waals surface area (Å²) in [6.45, 7) is 1.50. The lowest BCUT2D eigenvalue weighted by molar-refractivity contribution is -0.161. The van der Waals surface area contributed by atoms with Crippen LogP contribution >= 0.6 is 0 Å². The molecule has 9 heteroatoms. The van der Waals surface area contributed by atoms with Gasteiger partial charge in [-0.15, -0.1) is 0 Å². The second kappa shape index (κ2) is 7.94. The van der Waals surface area contributed by atoms with Gasteiger partial charge >= 0.3 is 0 Å². The number of anilines is 1. The van der Waals surface area contributed by atoms with Gasteiger partial charge in [-0.2, -0.15) is 0 Å². The molecule has 0 radical (unpaired) electrons. The molecule has 9 nitrogen and oxygen atoms in total. The number of amides is 1. The highest BCUT2D eigenvalue weighted by Crippen LogP contribution is 2.58. The van der Waals surface area contributed by atoms with E-state index >= 15 is 0 Å². The molecule has 1 amide bonds. The predicted molar refractivity (Wildman–Crippen MR) is 136 cm³/mol. The Morgan fingerprint density at radius 1 is 1.05 bits per heavy atom. The molecule has 192 valence electrons. The van der Waals surface area contributed by atoms with Gasteiger partial charge in [-0.1, -0.05) is 25.1 Å². The molecule has 3 aliphatic rings. The van der Waals surface area contributed by atoms with Crippen molar-refractivity contribution in [2.24, 2.45) is 17.1 Å². The molecule has 0 spiro atoms. The van der Waals surface area contributed by atoms with Crippen LogP contribution in [0.5, 0.6) is 5.75 Å². The van der Waals surface area contributed by atoms with Gasteiger partial charge in [0.1, 0.15) is 22.8 Å². The smallest absolute Gasteiger partial charge is 0.255 e. The number of fused-ring (bicyclic) bond motifs is 3. The van der Waals surface area contributed by atoms with Crippen LogP contribution in [0.1, 0.15) is 30.9 Å². The number of carbonyl (C=O) groups is 3. The minimum atomic E-state index is -2.63. The monoisotopic (exact) mass is 504 g/mol. The average molecular weight is 505 g/mol. The molecule has 3 atom stereocenters. The van der Waals surface area contributed by atoms with Crippen LogP contribution in [0.25, 0.3) is 16.9 Å². The molecule has 0 saturated heterocycles. The maximum atomic E-state index is 13.8. The summed E-state index contributed by atoms with van der Waals surface area (Å²) in [5.41, 5.74) is 3.53. The number of ketones is 2. The molecule has 1 saturated carbocycles. The molecule has 6 N–H and O–H groups in total. The number of rotatable bonds is 3. The fourth-order valence-electron chi connectivity index (χ4n) is 6.23. The first-order chi connectivity index (χ1) is 17.3. The van der Waals surface area contributed by atoms with Gasteiger partial charge in [0.05, 0.1) is 5.56 Å². The Morgan fingerprint density at radius 2 is 1.70 bits per heavy atom. The topological polar surface area (TPSA) is 161 Å². The third-order valence-electron chi connectivity index (χ3n) is 8.14. The van der Waals surface area contributed by atoms with Crippen molar-refractivity contribution in [3.63, 3.8) is 0 Å². The Labute approximate surface area is 213 Å². The van der Waals surface area contributed by atoms with Gasteiger partial charge in [-0.05, 0) is 53.6 Å². The number of carbonyl (C=O) groups excluding carboxylic acids is 3. The summed E-state index contributed by atoms with van der Waals surface area (Å²) in [5, 5.41) is 44.4. The van der Waals surface area contributed by atoms with Crippen molar-refractivity contribution in [3.8, 4) is 16.9 Å². The third-order valence-corrected chi connectivity index (χ3v) is 8.14. The van der Waals surface area contributed by atoms with E-state index in [1.807, 2.05) is 43.3 Å². The Hall–Kier alpha value is -4.11. The Kier molecular flexibility index (Phi) is 5.28. The first kappa shape index (κ1) is 24.6. The number of aromatic hydroxyl groups is 1. The average Bonchev–Trinajstić information content (AvgIpc) is 2.81. The number of phenolic OH excluding ortho intramolecular Hbond substituents is 1. The van der Waals surface area contributed by atoms with E-state index in [4.69, 9.17) is 5.73 Å². The Morgan fingerprint density at radius 3 is 2.30 bits per heavy atom. The summed E-state index contributed by atoms with van der Waals surface area (Å²) in [7, 11) is 3.86. The number of aliphatic hydroxyl groups is 3. The number of benzene rings is 2. The molecule has 0 aromatic heterocycles. The highest BCUT2D eigenvalue weighted by Gasteiger charge is 2.66. The largest absolute Gasteiger partial charge is 0.508 e.